The van der Waals surface area contributed by atoms with Gasteiger partial charge >= 0.3 is 0 Å². The predicted octanol–water partition coefficient (Wildman–Crippen LogP) is 2.72. The fourth-order valence-corrected chi connectivity index (χ4v) is 1.38. The largest absolute Gasteiger partial charge is 0.322 e. The van der Waals surface area contributed by atoms with Crippen molar-refractivity contribution in [2.24, 2.45) is 0 Å². The van der Waals surface area contributed by atoms with Crippen LogP contribution in [0.15, 0.2) is 30.9 Å². The zero-order valence-corrected chi connectivity index (χ0v) is 9.46. The summed E-state index contributed by atoms with van der Waals surface area (Å²) in [7, 11) is 0. The predicted molar refractivity (Wildman–Crippen MR) is 62.7 cm³/mol. The number of nitrogens with one attached hydrogen (secondary N) is 1. The molecule has 1 aromatic rings. The second kappa shape index (κ2) is 4.41. The molecule has 0 atom stereocenters. The number of hydrogen-bond acceptors (Lipinski definition) is 1. The SMILES string of the molecule is C=CC(=O)Nc1ccc(C)c(I)c1. The number of benzene rings is 1. The molecule has 0 spiro atoms. The van der Waals surface area contributed by atoms with E-state index in [4.69, 9.17) is 0 Å². The molecule has 0 bridgehead atoms. The van der Waals surface area contributed by atoms with E-state index < -0.39 is 0 Å². The van der Waals surface area contributed by atoms with E-state index in [2.05, 4.69) is 34.5 Å². The number of carbonyl (C=O) groups is 1. The Morgan fingerprint density at radius 1 is 1.62 bits per heavy atom. The molecule has 3 heteroatoms. The van der Waals surface area contributed by atoms with Crippen molar-refractivity contribution in [3.8, 4) is 0 Å². The Morgan fingerprint density at radius 3 is 2.85 bits per heavy atom. The van der Waals surface area contributed by atoms with E-state index in [0.29, 0.717) is 0 Å². The van der Waals surface area contributed by atoms with Gasteiger partial charge in [-0.2, -0.15) is 0 Å². The fourth-order valence-electron chi connectivity index (χ4n) is 0.864. The van der Waals surface area contributed by atoms with Gasteiger partial charge in [0.25, 0.3) is 0 Å². The Balaban J connectivity index is 2.85. The van der Waals surface area contributed by atoms with Gasteiger partial charge in [0.2, 0.25) is 5.91 Å². The summed E-state index contributed by atoms with van der Waals surface area (Å²) in [6.07, 6.45) is 1.26. The highest BCUT2D eigenvalue weighted by atomic mass is 127. The third-order valence-corrected chi connectivity index (χ3v) is 2.79. The van der Waals surface area contributed by atoms with Crippen LogP contribution in [0.1, 0.15) is 5.56 Å². The molecule has 68 valence electrons. The zero-order chi connectivity index (χ0) is 9.84. The molecule has 1 amide bonds. The Morgan fingerprint density at radius 2 is 2.31 bits per heavy atom. The normalized spacial score (nSPS) is 9.38. The minimum Gasteiger partial charge on any atom is -0.322 e. The third-order valence-electron chi connectivity index (χ3n) is 1.62. The molecule has 0 saturated heterocycles. The van der Waals surface area contributed by atoms with Gasteiger partial charge in [-0.05, 0) is 53.3 Å². The van der Waals surface area contributed by atoms with E-state index in [9.17, 15) is 4.79 Å². The molecule has 0 radical (unpaired) electrons. The molecule has 0 aliphatic carbocycles. The maximum Gasteiger partial charge on any atom is 0.247 e. The molecule has 2 nitrogen and oxygen atoms in total. The van der Waals surface area contributed by atoms with Crippen LogP contribution in [0.5, 0.6) is 0 Å². The lowest BCUT2D eigenvalue weighted by atomic mass is 10.2. The van der Waals surface area contributed by atoms with Crippen LogP contribution in [-0.4, -0.2) is 5.91 Å². The van der Waals surface area contributed by atoms with Gasteiger partial charge in [0, 0.05) is 9.26 Å². The van der Waals surface area contributed by atoms with Crippen LogP contribution in [0.25, 0.3) is 0 Å². The van der Waals surface area contributed by atoms with Crippen LogP contribution in [-0.2, 0) is 4.79 Å². The molecule has 13 heavy (non-hydrogen) atoms. The molecule has 0 aliphatic rings. The molecular formula is C10H10INO. The molecular weight excluding hydrogens is 277 g/mol. The minimum atomic E-state index is -0.181. The highest BCUT2D eigenvalue weighted by Crippen LogP contribution is 2.16. The first-order valence-corrected chi connectivity index (χ1v) is 4.91. The van der Waals surface area contributed by atoms with E-state index in [-0.39, 0.29) is 5.91 Å². The molecule has 0 unspecified atom stereocenters. The van der Waals surface area contributed by atoms with E-state index in [1.165, 1.54) is 11.6 Å². The average molecular weight is 287 g/mol. The summed E-state index contributed by atoms with van der Waals surface area (Å²) >= 11 is 2.23. The number of anilines is 1. The van der Waals surface area contributed by atoms with Gasteiger partial charge in [0.15, 0.2) is 0 Å². The highest BCUT2D eigenvalue weighted by Gasteiger charge is 1.99. The summed E-state index contributed by atoms with van der Waals surface area (Å²) in [5, 5.41) is 2.70. The number of halogens is 1. The van der Waals surface area contributed by atoms with E-state index in [0.717, 1.165) is 9.26 Å². The highest BCUT2D eigenvalue weighted by molar-refractivity contribution is 14.1. The van der Waals surface area contributed by atoms with Crippen molar-refractivity contribution in [1.29, 1.82) is 0 Å². The van der Waals surface area contributed by atoms with Crippen molar-refractivity contribution in [3.05, 3.63) is 40.0 Å². The molecule has 1 aromatic carbocycles. The van der Waals surface area contributed by atoms with Gasteiger partial charge < -0.3 is 5.32 Å². The lowest BCUT2D eigenvalue weighted by molar-refractivity contribution is -0.111. The second-order valence-corrected chi connectivity index (χ2v) is 3.82. The quantitative estimate of drug-likeness (QED) is 0.657. The van der Waals surface area contributed by atoms with Crippen LogP contribution in [0, 0.1) is 10.5 Å². The number of carbonyl (C=O) groups excluding carboxylic acids is 1. The molecule has 0 fully saturated rings. The van der Waals surface area contributed by atoms with Crippen LogP contribution >= 0.6 is 22.6 Å². The summed E-state index contributed by atoms with van der Waals surface area (Å²) in [5.74, 6) is -0.181. The maximum absolute atomic E-state index is 10.9. The summed E-state index contributed by atoms with van der Waals surface area (Å²) in [5.41, 5.74) is 2.01. The molecule has 0 aliphatic heterocycles. The summed E-state index contributed by atoms with van der Waals surface area (Å²) in [6.45, 7) is 5.41. The Hall–Kier alpha value is -0.840. The fraction of sp³-hybridized carbons (Fsp3) is 0.100. The maximum atomic E-state index is 10.9. The number of rotatable bonds is 2. The van der Waals surface area contributed by atoms with Gasteiger partial charge in [-0.25, -0.2) is 0 Å². The molecule has 0 aromatic heterocycles. The van der Waals surface area contributed by atoms with E-state index >= 15 is 0 Å². The standard InChI is InChI=1S/C10H10INO/c1-3-10(13)12-8-5-4-7(2)9(11)6-8/h3-6H,1H2,2H3,(H,12,13). The summed E-state index contributed by atoms with van der Waals surface area (Å²) in [6, 6.07) is 5.77. The zero-order valence-electron chi connectivity index (χ0n) is 7.30. The van der Waals surface area contributed by atoms with Crippen molar-refractivity contribution in [2.75, 3.05) is 5.32 Å². The number of aryl methyl sites for hydroxylation is 1. The van der Waals surface area contributed by atoms with Gasteiger partial charge in [0.1, 0.15) is 0 Å². The minimum absolute atomic E-state index is 0.181. The van der Waals surface area contributed by atoms with Crippen molar-refractivity contribution < 1.29 is 4.79 Å². The first-order chi connectivity index (χ1) is 6.13. The van der Waals surface area contributed by atoms with Gasteiger partial charge in [-0.15, -0.1) is 0 Å². The summed E-state index contributed by atoms with van der Waals surface area (Å²) in [4.78, 5) is 10.9. The molecule has 0 saturated carbocycles. The Bertz CT molecular complexity index is 347. The average Bonchev–Trinajstić information content (AvgIpc) is 2.11. The van der Waals surface area contributed by atoms with Gasteiger partial charge in [-0.3, -0.25) is 4.79 Å². The third kappa shape index (κ3) is 2.84. The smallest absolute Gasteiger partial charge is 0.247 e. The van der Waals surface area contributed by atoms with Crippen molar-refractivity contribution in [2.45, 2.75) is 6.92 Å². The monoisotopic (exact) mass is 287 g/mol. The van der Waals surface area contributed by atoms with Gasteiger partial charge in [0.05, 0.1) is 0 Å². The van der Waals surface area contributed by atoms with E-state index in [1.807, 2.05) is 25.1 Å². The number of hydrogen-bond donors (Lipinski definition) is 1. The Labute approximate surface area is 91.2 Å². The topological polar surface area (TPSA) is 29.1 Å². The van der Waals surface area contributed by atoms with Crippen LogP contribution in [0.3, 0.4) is 0 Å². The molecule has 1 N–H and O–H groups in total. The molecule has 0 heterocycles. The van der Waals surface area contributed by atoms with Crippen molar-refractivity contribution in [1.82, 2.24) is 0 Å². The summed E-state index contributed by atoms with van der Waals surface area (Å²) < 4.78 is 1.14. The first kappa shape index (κ1) is 10.2. The molecule has 1 rings (SSSR count). The lowest BCUT2D eigenvalue weighted by Crippen LogP contribution is -2.07. The van der Waals surface area contributed by atoms with Crippen LogP contribution < -0.4 is 5.32 Å². The van der Waals surface area contributed by atoms with Crippen LogP contribution in [0.2, 0.25) is 0 Å². The number of amides is 1. The second-order valence-electron chi connectivity index (χ2n) is 2.66. The van der Waals surface area contributed by atoms with Gasteiger partial charge in [-0.1, -0.05) is 12.6 Å². The lowest BCUT2D eigenvalue weighted by Gasteiger charge is -2.04. The van der Waals surface area contributed by atoms with Crippen LogP contribution in [0.4, 0.5) is 5.69 Å². The van der Waals surface area contributed by atoms with Crippen molar-refractivity contribution in [3.63, 3.8) is 0 Å². The Kier molecular flexibility index (Phi) is 3.48. The first-order valence-electron chi connectivity index (χ1n) is 3.83. The van der Waals surface area contributed by atoms with E-state index in [1.54, 1.807) is 0 Å². The van der Waals surface area contributed by atoms with Crippen molar-refractivity contribution >= 4 is 34.2 Å².